The minimum atomic E-state index is 0.224. The molecule has 0 bridgehead atoms. The number of guanidine groups is 1. The molecule has 6 heteroatoms. The Morgan fingerprint density at radius 2 is 2.13 bits per heavy atom. The van der Waals surface area contributed by atoms with Crippen LogP contribution in [0.3, 0.4) is 0 Å². The predicted octanol–water partition coefficient (Wildman–Crippen LogP) is 3.59. The van der Waals surface area contributed by atoms with Gasteiger partial charge in [0.15, 0.2) is 5.96 Å². The molecule has 0 aliphatic carbocycles. The van der Waals surface area contributed by atoms with E-state index in [9.17, 15) is 0 Å². The molecule has 2 saturated heterocycles. The van der Waals surface area contributed by atoms with Crippen molar-refractivity contribution in [2.75, 3.05) is 46.4 Å². The van der Waals surface area contributed by atoms with Crippen LogP contribution in [0.4, 0.5) is 0 Å². The van der Waals surface area contributed by atoms with Gasteiger partial charge in [-0.05, 0) is 62.6 Å². The molecule has 2 N–H and O–H groups in total. The van der Waals surface area contributed by atoms with Crippen molar-refractivity contribution in [2.24, 2.45) is 16.8 Å². The summed E-state index contributed by atoms with van der Waals surface area (Å²) in [5.74, 6) is 3.20. The van der Waals surface area contributed by atoms with Gasteiger partial charge in [-0.3, -0.25) is 4.99 Å². The van der Waals surface area contributed by atoms with Crippen LogP contribution in [0.1, 0.15) is 50.7 Å². The minimum absolute atomic E-state index is 0.224. The Bertz CT molecular complexity index is 701. The summed E-state index contributed by atoms with van der Waals surface area (Å²) in [6, 6.07) is 6.40. The van der Waals surface area contributed by atoms with E-state index in [0.717, 1.165) is 49.2 Å². The number of nitrogens with zero attached hydrogens (tertiary/aromatic N) is 2. The average Bonchev–Trinajstić information content (AvgIpc) is 3.27. The van der Waals surface area contributed by atoms with E-state index >= 15 is 0 Å². The van der Waals surface area contributed by atoms with Gasteiger partial charge in [0.25, 0.3) is 0 Å². The number of nitrogens with one attached hydrogen (secondary N) is 2. The van der Waals surface area contributed by atoms with Crippen molar-refractivity contribution in [1.29, 1.82) is 0 Å². The molecule has 3 rings (SSSR count). The molecule has 0 radical (unpaired) electrons. The molecule has 2 unspecified atom stereocenters. The van der Waals surface area contributed by atoms with Gasteiger partial charge in [-0.15, -0.1) is 0 Å². The van der Waals surface area contributed by atoms with Crippen LogP contribution in [0.15, 0.2) is 23.2 Å². The van der Waals surface area contributed by atoms with E-state index in [2.05, 4.69) is 59.5 Å². The second-order valence-corrected chi connectivity index (χ2v) is 9.53. The summed E-state index contributed by atoms with van der Waals surface area (Å²) in [7, 11) is 1.84. The maximum absolute atomic E-state index is 6.14. The van der Waals surface area contributed by atoms with Crippen LogP contribution in [0.2, 0.25) is 0 Å². The molecule has 2 aliphatic heterocycles. The first-order valence-electron chi connectivity index (χ1n) is 12.0. The van der Waals surface area contributed by atoms with Crippen LogP contribution in [0.25, 0.3) is 0 Å². The Hall–Kier alpha value is -1.79. The van der Waals surface area contributed by atoms with Crippen LogP contribution >= 0.6 is 0 Å². The van der Waals surface area contributed by atoms with Crippen LogP contribution in [0.5, 0.6) is 5.75 Å². The number of piperidine rings is 1. The van der Waals surface area contributed by atoms with Crippen molar-refractivity contribution in [1.82, 2.24) is 15.5 Å². The number of hydrogen-bond acceptors (Lipinski definition) is 4. The Labute approximate surface area is 188 Å². The second-order valence-electron chi connectivity index (χ2n) is 9.53. The molecule has 174 valence electrons. The van der Waals surface area contributed by atoms with Crippen LogP contribution in [-0.2, 0) is 11.3 Å². The fourth-order valence-corrected chi connectivity index (χ4v) is 4.54. The van der Waals surface area contributed by atoms with Gasteiger partial charge in [0.1, 0.15) is 12.4 Å². The standard InChI is InChI=1S/C25H42N4O2/c1-19(2)16-29-11-5-7-21(17-29)14-27-25(26-4)28-15-22-10-9-20(3)13-24(22)31-18-23-8-6-12-30-23/h9-10,13,19,21,23H,5-8,11-12,14-18H2,1-4H3,(H2,26,27,28). The zero-order chi connectivity index (χ0) is 22.1. The van der Waals surface area contributed by atoms with Crippen molar-refractivity contribution in [3.8, 4) is 5.75 Å². The van der Waals surface area contributed by atoms with Crippen LogP contribution in [0, 0.1) is 18.8 Å². The molecule has 0 aromatic heterocycles. The van der Waals surface area contributed by atoms with Gasteiger partial charge >= 0.3 is 0 Å². The Kier molecular flexibility index (Phi) is 9.47. The van der Waals surface area contributed by atoms with Crippen molar-refractivity contribution in [3.05, 3.63) is 29.3 Å². The van der Waals surface area contributed by atoms with Gasteiger partial charge in [-0.25, -0.2) is 0 Å². The zero-order valence-corrected chi connectivity index (χ0v) is 20.0. The molecule has 2 aliphatic rings. The number of rotatable bonds is 9. The lowest BCUT2D eigenvalue weighted by molar-refractivity contribution is 0.0676. The maximum atomic E-state index is 6.14. The quantitative estimate of drug-likeness (QED) is 0.463. The molecule has 0 spiro atoms. The van der Waals surface area contributed by atoms with Gasteiger partial charge in [0.05, 0.1) is 6.10 Å². The third kappa shape index (κ3) is 8.00. The average molecular weight is 431 g/mol. The van der Waals surface area contributed by atoms with Gasteiger partial charge < -0.3 is 25.0 Å². The molecule has 0 saturated carbocycles. The smallest absolute Gasteiger partial charge is 0.191 e. The van der Waals surface area contributed by atoms with E-state index < -0.39 is 0 Å². The Morgan fingerprint density at radius 1 is 1.26 bits per heavy atom. The minimum Gasteiger partial charge on any atom is -0.491 e. The van der Waals surface area contributed by atoms with E-state index in [-0.39, 0.29) is 6.10 Å². The summed E-state index contributed by atoms with van der Waals surface area (Å²) >= 11 is 0. The number of aliphatic imine (C=N–C) groups is 1. The van der Waals surface area contributed by atoms with Crippen molar-refractivity contribution in [2.45, 2.75) is 59.1 Å². The number of likely N-dealkylation sites (tertiary alicyclic amines) is 1. The lowest BCUT2D eigenvalue weighted by Gasteiger charge is -2.34. The number of aryl methyl sites for hydroxylation is 1. The SMILES string of the molecule is CN=C(NCc1ccc(C)cc1OCC1CCCO1)NCC1CCCN(CC(C)C)C1. The molecule has 1 aromatic rings. The summed E-state index contributed by atoms with van der Waals surface area (Å²) in [6.45, 7) is 13.5. The van der Waals surface area contributed by atoms with Crippen LogP contribution in [-0.4, -0.2) is 63.4 Å². The highest BCUT2D eigenvalue weighted by molar-refractivity contribution is 5.79. The van der Waals surface area contributed by atoms with Gasteiger partial charge in [0.2, 0.25) is 0 Å². The summed E-state index contributed by atoms with van der Waals surface area (Å²) in [5.41, 5.74) is 2.35. The maximum Gasteiger partial charge on any atom is 0.191 e. The first kappa shape index (κ1) is 23.9. The highest BCUT2D eigenvalue weighted by Crippen LogP contribution is 2.22. The number of ether oxygens (including phenoxy) is 2. The molecule has 2 atom stereocenters. The zero-order valence-electron chi connectivity index (χ0n) is 20.0. The van der Waals surface area contributed by atoms with E-state index in [4.69, 9.17) is 9.47 Å². The molecule has 0 amide bonds. The molecule has 6 nitrogen and oxygen atoms in total. The van der Waals surface area contributed by atoms with Gasteiger partial charge in [-0.2, -0.15) is 0 Å². The summed E-state index contributed by atoms with van der Waals surface area (Å²) in [4.78, 5) is 7.04. The molecular weight excluding hydrogens is 388 g/mol. The topological polar surface area (TPSA) is 58.1 Å². The Morgan fingerprint density at radius 3 is 2.87 bits per heavy atom. The fraction of sp³-hybridized carbons (Fsp3) is 0.720. The third-order valence-electron chi connectivity index (χ3n) is 6.13. The molecule has 2 fully saturated rings. The molecule has 1 aromatic carbocycles. The monoisotopic (exact) mass is 430 g/mol. The van der Waals surface area contributed by atoms with E-state index in [1.807, 2.05) is 7.05 Å². The van der Waals surface area contributed by atoms with Crippen molar-refractivity contribution < 1.29 is 9.47 Å². The van der Waals surface area contributed by atoms with E-state index in [0.29, 0.717) is 19.1 Å². The highest BCUT2D eigenvalue weighted by Gasteiger charge is 2.21. The fourth-order valence-electron chi connectivity index (χ4n) is 4.54. The molecule has 2 heterocycles. The van der Waals surface area contributed by atoms with E-state index in [1.54, 1.807) is 0 Å². The summed E-state index contributed by atoms with van der Waals surface area (Å²) in [5, 5.41) is 7.01. The van der Waals surface area contributed by atoms with Crippen LogP contribution < -0.4 is 15.4 Å². The normalized spacial score (nSPS) is 22.7. The predicted molar refractivity (Wildman–Crippen MR) is 128 cm³/mol. The first-order chi connectivity index (χ1) is 15.0. The van der Waals surface area contributed by atoms with Gasteiger partial charge in [0, 0.05) is 45.4 Å². The molecular formula is C25H42N4O2. The number of benzene rings is 1. The molecule has 31 heavy (non-hydrogen) atoms. The van der Waals surface area contributed by atoms with E-state index in [1.165, 1.54) is 38.0 Å². The lowest BCUT2D eigenvalue weighted by atomic mass is 9.97. The number of hydrogen-bond donors (Lipinski definition) is 2. The third-order valence-corrected chi connectivity index (χ3v) is 6.13. The second kappa shape index (κ2) is 12.3. The largest absolute Gasteiger partial charge is 0.491 e. The lowest BCUT2D eigenvalue weighted by Crippen LogP contribution is -2.45. The highest BCUT2D eigenvalue weighted by atomic mass is 16.5. The summed E-state index contributed by atoms with van der Waals surface area (Å²) in [6.07, 6.45) is 5.03. The van der Waals surface area contributed by atoms with Crippen molar-refractivity contribution in [3.63, 3.8) is 0 Å². The van der Waals surface area contributed by atoms with Gasteiger partial charge in [-0.1, -0.05) is 26.0 Å². The summed E-state index contributed by atoms with van der Waals surface area (Å²) < 4.78 is 11.8. The van der Waals surface area contributed by atoms with Crippen molar-refractivity contribution >= 4 is 5.96 Å². The first-order valence-corrected chi connectivity index (χ1v) is 12.0. The Balaban J connectivity index is 1.47.